The van der Waals surface area contributed by atoms with Crippen LogP contribution in [0.2, 0.25) is 0 Å². The number of rotatable bonds is 11. The summed E-state index contributed by atoms with van der Waals surface area (Å²) in [7, 11) is -1.79. The van der Waals surface area contributed by atoms with Gasteiger partial charge in [-0.05, 0) is 76.2 Å². The van der Waals surface area contributed by atoms with Gasteiger partial charge >= 0.3 is 0 Å². The third kappa shape index (κ3) is 6.60. The van der Waals surface area contributed by atoms with Crippen molar-refractivity contribution in [1.82, 2.24) is 4.90 Å². The minimum Gasteiger partial charge on any atom is -0.491 e. The van der Waals surface area contributed by atoms with Gasteiger partial charge in [-0.3, -0.25) is 4.31 Å². The number of benzene rings is 1. The Morgan fingerprint density at radius 3 is 2.29 bits per heavy atom. The highest BCUT2D eigenvalue weighted by Crippen LogP contribution is 2.32. The molecule has 1 aliphatic heterocycles. The highest BCUT2D eigenvalue weighted by atomic mass is 32.2. The molecule has 4 rings (SSSR count). The molecule has 3 heterocycles. The van der Waals surface area contributed by atoms with Crippen molar-refractivity contribution < 1.29 is 17.9 Å². The van der Waals surface area contributed by atoms with Crippen LogP contribution in [0.1, 0.15) is 36.5 Å². The summed E-state index contributed by atoms with van der Waals surface area (Å²) in [6, 6.07) is 11.6. The molecule has 6 nitrogen and oxygen atoms in total. The van der Waals surface area contributed by atoms with E-state index < -0.39 is 10.0 Å². The molecule has 34 heavy (non-hydrogen) atoms. The van der Waals surface area contributed by atoms with Gasteiger partial charge in [0.25, 0.3) is 0 Å². The lowest BCUT2D eigenvalue weighted by Crippen LogP contribution is -2.38. The summed E-state index contributed by atoms with van der Waals surface area (Å²) in [5.41, 5.74) is 3.04. The number of anilines is 1. The first kappa shape index (κ1) is 25.2. The van der Waals surface area contributed by atoms with E-state index in [4.69, 9.17) is 9.47 Å². The van der Waals surface area contributed by atoms with Crippen LogP contribution >= 0.6 is 22.7 Å². The van der Waals surface area contributed by atoms with Crippen LogP contribution in [0.15, 0.2) is 57.9 Å². The average Bonchev–Trinajstić information content (AvgIpc) is 3.55. The summed E-state index contributed by atoms with van der Waals surface area (Å²) < 4.78 is 37.6. The van der Waals surface area contributed by atoms with Crippen molar-refractivity contribution in [3.05, 3.63) is 69.0 Å². The van der Waals surface area contributed by atoms with Crippen LogP contribution in [0.4, 0.5) is 5.69 Å². The van der Waals surface area contributed by atoms with Gasteiger partial charge in [0.2, 0.25) is 10.0 Å². The Bertz CT molecular complexity index is 1070. The average molecular weight is 521 g/mol. The lowest BCUT2D eigenvalue weighted by Gasteiger charge is -2.33. The molecule has 0 N–H and O–H groups in total. The summed E-state index contributed by atoms with van der Waals surface area (Å²) in [6.07, 6.45) is 4.40. The van der Waals surface area contributed by atoms with Gasteiger partial charge in [0, 0.05) is 26.7 Å². The minimum atomic E-state index is -3.33. The third-order valence-electron chi connectivity index (χ3n) is 6.13. The lowest BCUT2D eigenvalue weighted by molar-refractivity contribution is -0.0270. The molecule has 0 unspecified atom stereocenters. The highest BCUT2D eigenvalue weighted by Gasteiger charge is 2.25. The Labute approximate surface area is 210 Å². The van der Waals surface area contributed by atoms with Gasteiger partial charge in [-0.1, -0.05) is 12.1 Å². The summed E-state index contributed by atoms with van der Waals surface area (Å²) in [5.74, 6) is 0.593. The molecule has 0 aliphatic carbocycles. The van der Waals surface area contributed by atoms with Crippen molar-refractivity contribution in [3.63, 3.8) is 0 Å². The van der Waals surface area contributed by atoms with E-state index in [1.165, 1.54) is 21.7 Å². The molecule has 1 aliphatic rings. The van der Waals surface area contributed by atoms with Gasteiger partial charge in [0.1, 0.15) is 11.9 Å². The fraction of sp³-hybridized carbons (Fsp3) is 0.440. The first-order valence-electron chi connectivity index (χ1n) is 11.5. The van der Waals surface area contributed by atoms with Crippen molar-refractivity contribution in [2.24, 2.45) is 0 Å². The second kappa shape index (κ2) is 11.7. The van der Waals surface area contributed by atoms with Crippen molar-refractivity contribution >= 4 is 38.4 Å². The SMILES string of the molecule is CN(c1ccccc1OCCCN1CCC(OC(c2ccsc2)c2ccsc2)CC1)S(C)(=O)=O. The minimum absolute atomic E-state index is 0.0209. The Hall–Kier alpha value is -1.91. The predicted molar refractivity (Wildman–Crippen MR) is 141 cm³/mol. The van der Waals surface area contributed by atoms with E-state index in [1.807, 2.05) is 18.2 Å². The van der Waals surface area contributed by atoms with Crippen LogP contribution in [-0.2, 0) is 14.8 Å². The highest BCUT2D eigenvalue weighted by molar-refractivity contribution is 7.92. The quantitative estimate of drug-likeness (QED) is 0.324. The molecule has 184 valence electrons. The molecule has 0 spiro atoms. The van der Waals surface area contributed by atoms with Gasteiger partial charge in [0.15, 0.2) is 0 Å². The number of piperidine rings is 1. The molecular formula is C25H32N2O4S3. The summed E-state index contributed by atoms with van der Waals surface area (Å²) in [4.78, 5) is 2.46. The monoisotopic (exact) mass is 520 g/mol. The van der Waals surface area contributed by atoms with Crippen LogP contribution in [0.5, 0.6) is 5.75 Å². The molecule has 1 saturated heterocycles. The molecule has 0 amide bonds. The number of likely N-dealkylation sites (tertiary alicyclic amines) is 1. The second-order valence-electron chi connectivity index (χ2n) is 8.57. The fourth-order valence-corrected chi connectivity index (χ4v) is 6.00. The van der Waals surface area contributed by atoms with E-state index in [-0.39, 0.29) is 12.2 Å². The molecular weight excluding hydrogens is 488 g/mol. The number of hydrogen-bond acceptors (Lipinski definition) is 7. The molecule has 1 fully saturated rings. The summed E-state index contributed by atoms with van der Waals surface area (Å²) in [6.45, 7) is 3.52. The molecule has 3 aromatic rings. The van der Waals surface area contributed by atoms with E-state index in [2.05, 4.69) is 38.6 Å². The van der Waals surface area contributed by atoms with E-state index >= 15 is 0 Å². The third-order valence-corrected chi connectivity index (χ3v) is 8.73. The zero-order chi connectivity index (χ0) is 24.0. The molecule has 0 saturated carbocycles. The summed E-state index contributed by atoms with van der Waals surface area (Å²) in [5, 5.41) is 8.59. The fourth-order valence-electron chi connectivity index (χ4n) is 4.15. The van der Waals surface area contributed by atoms with Gasteiger partial charge in [-0.25, -0.2) is 8.42 Å². The maximum absolute atomic E-state index is 11.9. The van der Waals surface area contributed by atoms with Gasteiger partial charge in [-0.15, -0.1) is 0 Å². The standard InChI is InChI=1S/C25H32N2O4S3/c1-26(34(2,28)29)23-6-3-4-7-24(23)30-15-5-12-27-13-8-22(9-14-27)31-25(20-10-16-32-18-20)21-11-17-33-19-21/h3-4,6-7,10-11,16-19,22,25H,5,8-9,12-15H2,1-2H3. The normalized spacial score (nSPS) is 15.6. The van der Waals surface area contributed by atoms with Gasteiger partial charge in [0.05, 0.1) is 24.7 Å². The summed E-state index contributed by atoms with van der Waals surface area (Å²) >= 11 is 3.42. The largest absolute Gasteiger partial charge is 0.491 e. The number of thiophene rings is 2. The number of nitrogens with zero attached hydrogens (tertiary/aromatic N) is 2. The van der Waals surface area contributed by atoms with Crippen LogP contribution < -0.4 is 9.04 Å². The number of hydrogen-bond donors (Lipinski definition) is 0. The maximum Gasteiger partial charge on any atom is 0.232 e. The molecule has 0 atom stereocenters. The lowest BCUT2D eigenvalue weighted by atomic mass is 10.0. The topological polar surface area (TPSA) is 59.1 Å². The second-order valence-corrected chi connectivity index (χ2v) is 12.1. The molecule has 1 aromatic carbocycles. The van der Waals surface area contributed by atoms with Gasteiger partial charge in [-0.2, -0.15) is 22.7 Å². The Kier molecular flexibility index (Phi) is 8.65. The molecule has 0 radical (unpaired) electrons. The molecule has 2 aromatic heterocycles. The Morgan fingerprint density at radius 2 is 1.71 bits per heavy atom. The van der Waals surface area contributed by atoms with E-state index in [0.29, 0.717) is 18.0 Å². The Morgan fingerprint density at radius 1 is 1.06 bits per heavy atom. The van der Waals surface area contributed by atoms with E-state index in [1.54, 1.807) is 35.8 Å². The predicted octanol–water partition coefficient (Wildman–Crippen LogP) is 5.24. The van der Waals surface area contributed by atoms with Gasteiger partial charge < -0.3 is 14.4 Å². The van der Waals surface area contributed by atoms with E-state index in [0.717, 1.165) is 38.9 Å². The number of sulfonamides is 1. The first-order valence-corrected chi connectivity index (χ1v) is 15.2. The van der Waals surface area contributed by atoms with Crippen molar-refractivity contribution in [2.75, 3.05) is 43.8 Å². The van der Waals surface area contributed by atoms with E-state index in [9.17, 15) is 8.42 Å². The maximum atomic E-state index is 11.9. The Balaban J connectivity index is 1.22. The molecule has 9 heteroatoms. The van der Waals surface area contributed by atoms with Crippen molar-refractivity contribution in [2.45, 2.75) is 31.5 Å². The number of para-hydroxylation sites is 2. The number of ether oxygens (including phenoxy) is 2. The van der Waals surface area contributed by atoms with Crippen molar-refractivity contribution in [3.8, 4) is 5.75 Å². The van der Waals surface area contributed by atoms with Crippen LogP contribution in [0.25, 0.3) is 0 Å². The van der Waals surface area contributed by atoms with Crippen LogP contribution in [-0.4, -0.2) is 59.0 Å². The molecule has 0 bridgehead atoms. The zero-order valence-electron chi connectivity index (χ0n) is 19.6. The zero-order valence-corrected chi connectivity index (χ0v) is 22.1. The van der Waals surface area contributed by atoms with Crippen molar-refractivity contribution in [1.29, 1.82) is 0 Å². The van der Waals surface area contributed by atoms with Crippen LogP contribution in [0.3, 0.4) is 0 Å². The van der Waals surface area contributed by atoms with Crippen LogP contribution in [0, 0.1) is 0 Å². The first-order chi connectivity index (χ1) is 16.4. The smallest absolute Gasteiger partial charge is 0.232 e.